The first-order valence-corrected chi connectivity index (χ1v) is 12.7. The topological polar surface area (TPSA) is 121 Å². The van der Waals surface area contributed by atoms with Gasteiger partial charge < -0.3 is 30.4 Å². The molecule has 4 N–H and O–H groups in total. The Morgan fingerprint density at radius 3 is 2.41 bits per heavy atom. The highest BCUT2D eigenvalue weighted by molar-refractivity contribution is 6.00. The van der Waals surface area contributed by atoms with Crippen LogP contribution in [0.5, 0.6) is 11.5 Å². The summed E-state index contributed by atoms with van der Waals surface area (Å²) in [7, 11) is 0. The van der Waals surface area contributed by atoms with E-state index in [1.807, 2.05) is 0 Å². The summed E-state index contributed by atoms with van der Waals surface area (Å²) in [5.41, 5.74) is 1.98. The lowest BCUT2D eigenvalue weighted by Crippen LogP contribution is -2.38. The zero-order chi connectivity index (χ0) is 27.0. The molecule has 0 saturated carbocycles. The number of urea groups is 1. The highest BCUT2D eigenvalue weighted by atomic mass is 19.1. The standard InChI is InChI=1S/C28H29FN6O4/c29-19-2-4-20(5-3-19)32-28(37)33-21-6-8-22(9-7-21)39-25-10-12-30-26-23(25)18-24(34-26)27(36)31-11-1-13-35-14-16-38-17-15-35/h2-10,12,18H,1,11,13-17H2,(H,30,34)(H,31,36)(H2,32,33,37). The van der Waals surface area contributed by atoms with Crippen LogP contribution in [0.25, 0.3) is 11.0 Å². The lowest BCUT2D eigenvalue weighted by molar-refractivity contribution is 0.0374. The Labute approximate surface area is 224 Å². The monoisotopic (exact) mass is 532 g/mol. The van der Waals surface area contributed by atoms with Crippen molar-refractivity contribution in [2.45, 2.75) is 6.42 Å². The first-order chi connectivity index (χ1) is 19.0. The Kier molecular flexibility index (Phi) is 8.29. The summed E-state index contributed by atoms with van der Waals surface area (Å²) < 4.78 is 24.4. The molecule has 2 aromatic carbocycles. The quantitative estimate of drug-likeness (QED) is 0.234. The molecule has 11 heteroatoms. The molecular weight excluding hydrogens is 503 g/mol. The first-order valence-electron chi connectivity index (χ1n) is 12.7. The summed E-state index contributed by atoms with van der Waals surface area (Å²) in [6.07, 6.45) is 2.46. The van der Waals surface area contributed by atoms with E-state index in [0.29, 0.717) is 46.1 Å². The molecule has 5 rings (SSSR count). The van der Waals surface area contributed by atoms with Crippen molar-refractivity contribution in [2.75, 3.05) is 50.0 Å². The summed E-state index contributed by atoms with van der Waals surface area (Å²) in [5, 5.41) is 8.98. The van der Waals surface area contributed by atoms with E-state index in [1.165, 1.54) is 24.3 Å². The van der Waals surface area contributed by atoms with Crippen LogP contribution in [-0.4, -0.2) is 66.2 Å². The fourth-order valence-electron chi connectivity index (χ4n) is 4.20. The molecule has 4 aromatic rings. The van der Waals surface area contributed by atoms with Crippen LogP contribution in [0, 0.1) is 5.82 Å². The molecule has 0 aliphatic carbocycles. The Balaban J connectivity index is 1.15. The van der Waals surface area contributed by atoms with Crippen LogP contribution in [0.4, 0.5) is 20.6 Å². The number of aromatic nitrogens is 2. The highest BCUT2D eigenvalue weighted by Crippen LogP contribution is 2.30. The number of hydrogen-bond acceptors (Lipinski definition) is 6. The number of rotatable bonds is 9. The fourth-order valence-corrected chi connectivity index (χ4v) is 4.20. The van der Waals surface area contributed by atoms with Crippen LogP contribution in [0.2, 0.25) is 0 Å². The van der Waals surface area contributed by atoms with Crippen LogP contribution in [0.1, 0.15) is 16.9 Å². The molecule has 0 radical (unpaired) electrons. The second kappa shape index (κ2) is 12.4. The average Bonchev–Trinajstić information content (AvgIpc) is 3.40. The van der Waals surface area contributed by atoms with Gasteiger partial charge in [-0.1, -0.05) is 0 Å². The third-order valence-electron chi connectivity index (χ3n) is 6.22. The molecular formula is C28H29FN6O4. The molecule has 3 heterocycles. The molecule has 2 aromatic heterocycles. The van der Waals surface area contributed by atoms with Crippen LogP contribution >= 0.6 is 0 Å². The lowest BCUT2D eigenvalue weighted by atomic mass is 10.2. The van der Waals surface area contributed by atoms with Crippen molar-refractivity contribution in [1.29, 1.82) is 0 Å². The van der Waals surface area contributed by atoms with Gasteiger partial charge >= 0.3 is 6.03 Å². The number of ether oxygens (including phenoxy) is 2. The van der Waals surface area contributed by atoms with Gasteiger partial charge in [-0.2, -0.15) is 0 Å². The van der Waals surface area contributed by atoms with Crippen LogP contribution < -0.4 is 20.7 Å². The van der Waals surface area contributed by atoms with Gasteiger partial charge in [0, 0.05) is 37.2 Å². The number of amides is 3. The number of morpholine rings is 1. The van der Waals surface area contributed by atoms with Gasteiger partial charge in [0.2, 0.25) is 0 Å². The maximum atomic E-state index is 13.0. The van der Waals surface area contributed by atoms with Crippen molar-refractivity contribution in [1.82, 2.24) is 20.2 Å². The van der Waals surface area contributed by atoms with E-state index < -0.39 is 6.03 Å². The number of benzene rings is 2. The van der Waals surface area contributed by atoms with Gasteiger partial charge in [-0.25, -0.2) is 14.2 Å². The van der Waals surface area contributed by atoms with E-state index in [-0.39, 0.29) is 11.7 Å². The number of aromatic amines is 1. The minimum absolute atomic E-state index is 0.199. The van der Waals surface area contributed by atoms with Gasteiger partial charge in [0.1, 0.15) is 28.7 Å². The number of hydrogen-bond donors (Lipinski definition) is 4. The molecule has 1 aliphatic rings. The minimum atomic E-state index is -0.453. The summed E-state index contributed by atoms with van der Waals surface area (Å²) in [5.74, 6) is 0.507. The number of nitrogens with one attached hydrogen (secondary N) is 4. The zero-order valence-corrected chi connectivity index (χ0v) is 21.2. The summed E-state index contributed by atoms with van der Waals surface area (Å²) in [6.45, 7) is 4.87. The molecule has 3 amide bonds. The van der Waals surface area contributed by atoms with Crippen molar-refractivity contribution >= 4 is 34.3 Å². The SMILES string of the molecule is O=C(Nc1ccc(F)cc1)Nc1ccc(Oc2ccnc3[nH]c(C(=O)NCCCN4CCOCC4)cc23)cc1. The number of fused-ring (bicyclic) bond motifs is 1. The van der Waals surface area contributed by atoms with Crippen molar-refractivity contribution in [3.8, 4) is 11.5 Å². The van der Waals surface area contributed by atoms with E-state index in [4.69, 9.17) is 9.47 Å². The molecule has 39 heavy (non-hydrogen) atoms. The third kappa shape index (κ3) is 7.09. The van der Waals surface area contributed by atoms with Gasteiger partial charge in [0.05, 0.1) is 18.6 Å². The van der Waals surface area contributed by atoms with E-state index in [2.05, 4.69) is 30.8 Å². The molecule has 1 aliphatic heterocycles. The second-order valence-electron chi connectivity index (χ2n) is 9.03. The molecule has 0 atom stereocenters. The number of halogens is 1. The number of anilines is 2. The molecule has 1 saturated heterocycles. The minimum Gasteiger partial charge on any atom is -0.457 e. The van der Waals surface area contributed by atoms with Gasteiger partial charge in [0.15, 0.2) is 0 Å². The van der Waals surface area contributed by atoms with Gasteiger partial charge in [-0.05, 0) is 73.6 Å². The van der Waals surface area contributed by atoms with Crippen molar-refractivity contribution in [3.63, 3.8) is 0 Å². The normalized spacial score (nSPS) is 13.7. The van der Waals surface area contributed by atoms with Crippen molar-refractivity contribution < 1.29 is 23.5 Å². The van der Waals surface area contributed by atoms with Crippen molar-refractivity contribution in [3.05, 3.63) is 78.4 Å². The van der Waals surface area contributed by atoms with Gasteiger partial charge in [0.25, 0.3) is 5.91 Å². The largest absolute Gasteiger partial charge is 0.457 e. The van der Waals surface area contributed by atoms with Crippen LogP contribution in [0.15, 0.2) is 66.9 Å². The third-order valence-corrected chi connectivity index (χ3v) is 6.22. The molecule has 1 fully saturated rings. The number of nitrogens with zero attached hydrogens (tertiary/aromatic N) is 2. The number of pyridine rings is 1. The average molecular weight is 533 g/mol. The summed E-state index contributed by atoms with van der Waals surface area (Å²) >= 11 is 0. The van der Waals surface area contributed by atoms with E-state index in [0.717, 1.165) is 39.3 Å². The Bertz CT molecular complexity index is 1420. The number of H-pyrrole nitrogens is 1. The van der Waals surface area contributed by atoms with E-state index >= 15 is 0 Å². The summed E-state index contributed by atoms with van der Waals surface area (Å²) in [6, 6.07) is 15.3. The molecule has 10 nitrogen and oxygen atoms in total. The molecule has 0 spiro atoms. The van der Waals surface area contributed by atoms with E-state index in [9.17, 15) is 14.0 Å². The van der Waals surface area contributed by atoms with Gasteiger partial charge in [-0.3, -0.25) is 9.69 Å². The first kappa shape index (κ1) is 26.1. The smallest absolute Gasteiger partial charge is 0.323 e. The maximum absolute atomic E-state index is 13.0. The zero-order valence-electron chi connectivity index (χ0n) is 21.2. The Morgan fingerprint density at radius 2 is 1.69 bits per heavy atom. The predicted molar refractivity (Wildman–Crippen MR) is 146 cm³/mol. The van der Waals surface area contributed by atoms with Gasteiger partial charge in [-0.15, -0.1) is 0 Å². The van der Waals surface area contributed by atoms with Crippen LogP contribution in [0.3, 0.4) is 0 Å². The predicted octanol–water partition coefficient (Wildman–Crippen LogP) is 4.59. The maximum Gasteiger partial charge on any atom is 0.323 e. The molecule has 0 unspecified atom stereocenters. The fraction of sp³-hybridized carbons (Fsp3) is 0.250. The molecule has 0 bridgehead atoms. The number of carbonyl (C=O) groups excluding carboxylic acids is 2. The van der Waals surface area contributed by atoms with E-state index in [1.54, 1.807) is 42.6 Å². The van der Waals surface area contributed by atoms with Crippen LogP contribution in [-0.2, 0) is 4.74 Å². The lowest BCUT2D eigenvalue weighted by Gasteiger charge is -2.26. The Morgan fingerprint density at radius 1 is 1.00 bits per heavy atom. The Hall–Kier alpha value is -4.48. The second-order valence-corrected chi connectivity index (χ2v) is 9.03. The highest BCUT2D eigenvalue weighted by Gasteiger charge is 2.14. The number of carbonyl (C=O) groups is 2. The molecule has 202 valence electrons. The van der Waals surface area contributed by atoms with Crippen molar-refractivity contribution in [2.24, 2.45) is 0 Å². The summed E-state index contributed by atoms with van der Waals surface area (Å²) in [4.78, 5) is 34.6.